The first kappa shape index (κ1) is 11.8. The van der Waals surface area contributed by atoms with E-state index in [4.69, 9.17) is 10.00 Å². The zero-order chi connectivity index (χ0) is 11.3. The minimum Gasteiger partial charge on any atom is -0.504 e. The Morgan fingerprint density at radius 2 is 2.27 bits per heavy atom. The number of phenols is 1. The van der Waals surface area contributed by atoms with Crippen molar-refractivity contribution >= 4 is 15.9 Å². The zero-order valence-electron chi connectivity index (χ0n) is 7.85. The van der Waals surface area contributed by atoms with Gasteiger partial charge in [0.15, 0.2) is 11.5 Å². The fourth-order valence-electron chi connectivity index (χ4n) is 0.939. The van der Waals surface area contributed by atoms with Crippen LogP contribution in [0.3, 0.4) is 0 Å². The average molecular weight is 272 g/mol. The third kappa shape index (κ3) is 3.42. The molecule has 0 aliphatic heterocycles. The SMILES string of the molecule is N#Cc1ccc(OC[C@H](O)CBr)c(O)c1. The lowest BCUT2D eigenvalue weighted by molar-refractivity contribution is 0.125. The van der Waals surface area contributed by atoms with Gasteiger partial charge in [-0.3, -0.25) is 0 Å². The van der Waals surface area contributed by atoms with Gasteiger partial charge in [0.1, 0.15) is 6.61 Å². The van der Waals surface area contributed by atoms with E-state index in [1.54, 1.807) is 0 Å². The molecule has 0 saturated heterocycles. The lowest BCUT2D eigenvalue weighted by Crippen LogP contribution is -2.18. The van der Waals surface area contributed by atoms with Crippen molar-refractivity contribution in [2.24, 2.45) is 0 Å². The van der Waals surface area contributed by atoms with Crippen LogP contribution in [0.1, 0.15) is 5.56 Å². The summed E-state index contributed by atoms with van der Waals surface area (Å²) in [6.45, 7) is 0.0880. The molecule has 80 valence electrons. The number of rotatable bonds is 4. The van der Waals surface area contributed by atoms with Crippen LogP contribution in [0, 0.1) is 11.3 Å². The van der Waals surface area contributed by atoms with Crippen molar-refractivity contribution in [2.45, 2.75) is 6.10 Å². The van der Waals surface area contributed by atoms with Gasteiger partial charge in [0.2, 0.25) is 0 Å². The van der Waals surface area contributed by atoms with E-state index in [0.717, 1.165) is 0 Å². The molecule has 0 aromatic heterocycles. The number of nitrogens with zero attached hydrogens (tertiary/aromatic N) is 1. The molecule has 1 atom stereocenters. The molecule has 0 radical (unpaired) electrons. The number of aliphatic hydroxyl groups excluding tert-OH is 1. The normalized spacial score (nSPS) is 11.8. The topological polar surface area (TPSA) is 73.5 Å². The molecule has 0 heterocycles. The Morgan fingerprint density at radius 3 is 2.80 bits per heavy atom. The van der Waals surface area contributed by atoms with Crippen LogP contribution in [-0.4, -0.2) is 28.3 Å². The Labute approximate surface area is 95.9 Å². The molecule has 15 heavy (non-hydrogen) atoms. The van der Waals surface area contributed by atoms with Crippen molar-refractivity contribution < 1.29 is 14.9 Å². The molecule has 1 aromatic rings. The summed E-state index contributed by atoms with van der Waals surface area (Å²) in [6.07, 6.45) is -0.625. The molecule has 0 fully saturated rings. The number of aromatic hydroxyl groups is 1. The number of nitriles is 1. The number of phenolic OH excluding ortho intramolecular Hbond substituents is 1. The summed E-state index contributed by atoms with van der Waals surface area (Å²) in [5.74, 6) is 0.157. The largest absolute Gasteiger partial charge is 0.504 e. The first-order valence-electron chi connectivity index (χ1n) is 4.27. The van der Waals surface area contributed by atoms with Crippen LogP contribution in [0.25, 0.3) is 0 Å². The lowest BCUT2D eigenvalue weighted by Gasteiger charge is -2.10. The molecule has 2 N–H and O–H groups in total. The number of halogens is 1. The second-order valence-electron chi connectivity index (χ2n) is 2.91. The van der Waals surface area contributed by atoms with Crippen molar-refractivity contribution in [3.63, 3.8) is 0 Å². The Hall–Kier alpha value is -1.25. The quantitative estimate of drug-likeness (QED) is 0.812. The van der Waals surface area contributed by atoms with Crippen LogP contribution in [0.4, 0.5) is 0 Å². The third-order valence-corrected chi connectivity index (χ3v) is 2.44. The molecular formula is C10H10BrNO3. The van der Waals surface area contributed by atoms with Gasteiger partial charge in [-0.2, -0.15) is 5.26 Å². The second-order valence-corrected chi connectivity index (χ2v) is 3.56. The summed E-state index contributed by atoms with van der Waals surface area (Å²) in [4.78, 5) is 0. The van der Waals surface area contributed by atoms with Crippen LogP contribution < -0.4 is 4.74 Å². The number of aliphatic hydroxyl groups is 1. The molecule has 0 aliphatic rings. The van der Waals surface area contributed by atoms with Crippen LogP contribution in [0.2, 0.25) is 0 Å². The molecule has 1 aromatic carbocycles. The number of benzene rings is 1. The predicted molar refractivity (Wildman–Crippen MR) is 58.1 cm³/mol. The molecule has 0 bridgehead atoms. The summed E-state index contributed by atoms with van der Waals surface area (Å²) in [5.41, 5.74) is 0.362. The molecule has 0 aliphatic carbocycles. The van der Waals surface area contributed by atoms with Crippen LogP contribution in [0.15, 0.2) is 18.2 Å². The van der Waals surface area contributed by atoms with Crippen LogP contribution in [0.5, 0.6) is 11.5 Å². The van der Waals surface area contributed by atoms with Crippen LogP contribution in [-0.2, 0) is 0 Å². The van der Waals surface area contributed by atoms with Gasteiger partial charge >= 0.3 is 0 Å². The highest BCUT2D eigenvalue weighted by Crippen LogP contribution is 2.26. The van der Waals surface area contributed by atoms with Gasteiger partial charge in [-0.15, -0.1) is 0 Å². The van der Waals surface area contributed by atoms with Gasteiger partial charge < -0.3 is 14.9 Å². The molecule has 0 saturated carbocycles. The van der Waals surface area contributed by atoms with E-state index in [9.17, 15) is 10.2 Å². The molecule has 0 amide bonds. The fraction of sp³-hybridized carbons (Fsp3) is 0.300. The fourth-order valence-corrected chi connectivity index (χ4v) is 1.13. The Balaban J connectivity index is 2.67. The first-order chi connectivity index (χ1) is 7.17. The molecule has 0 unspecified atom stereocenters. The van der Waals surface area contributed by atoms with E-state index in [-0.39, 0.29) is 18.1 Å². The summed E-state index contributed by atoms with van der Waals surface area (Å²) >= 11 is 3.09. The monoisotopic (exact) mass is 271 g/mol. The van der Waals surface area contributed by atoms with E-state index >= 15 is 0 Å². The first-order valence-corrected chi connectivity index (χ1v) is 5.39. The molecule has 4 nitrogen and oxygen atoms in total. The summed E-state index contributed by atoms with van der Waals surface area (Å²) in [6, 6.07) is 6.25. The second kappa shape index (κ2) is 5.59. The van der Waals surface area contributed by atoms with Gasteiger partial charge in [-0.25, -0.2) is 0 Å². The number of ether oxygens (including phenoxy) is 1. The summed E-state index contributed by atoms with van der Waals surface area (Å²) < 4.78 is 5.15. The molecule has 0 spiro atoms. The maximum absolute atomic E-state index is 9.44. The Bertz CT molecular complexity index is 375. The van der Waals surface area contributed by atoms with E-state index in [0.29, 0.717) is 10.9 Å². The summed E-state index contributed by atoms with van der Waals surface area (Å²) in [7, 11) is 0. The highest BCUT2D eigenvalue weighted by molar-refractivity contribution is 9.09. The Morgan fingerprint density at radius 1 is 1.53 bits per heavy atom. The maximum Gasteiger partial charge on any atom is 0.161 e. The van der Waals surface area contributed by atoms with E-state index in [2.05, 4.69) is 15.9 Å². The van der Waals surface area contributed by atoms with Crippen molar-refractivity contribution in [2.75, 3.05) is 11.9 Å². The average Bonchev–Trinajstić information content (AvgIpc) is 2.26. The standard InChI is InChI=1S/C10H10BrNO3/c11-4-8(13)6-15-10-2-1-7(5-12)3-9(10)14/h1-3,8,13-14H,4,6H2/t8-/m1/s1. The minimum absolute atomic E-state index is 0.0880. The van der Waals surface area contributed by atoms with Gasteiger partial charge in [-0.05, 0) is 12.1 Å². The smallest absolute Gasteiger partial charge is 0.161 e. The Kier molecular flexibility index (Phi) is 4.40. The molecule has 5 heteroatoms. The van der Waals surface area contributed by atoms with E-state index in [1.807, 2.05) is 6.07 Å². The van der Waals surface area contributed by atoms with Crippen molar-refractivity contribution in [3.8, 4) is 17.6 Å². The molecular weight excluding hydrogens is 262 g/mol. The van der Waals surface area contributed by atoms with Gasteiger partial charge in [0.05, 0.1) is 17.7 Å². The number of alkyl halides is 1. The van der Waals surface area contributed by atoms with Gasteiger partial charge in [-0.1, -0.05) is 15.9 Å². The third-order valence-electron chi connectivity index (χ3n) is 1.70. The maximum atomic E-state index is 9.44. The van der Waals surface area contributed by atoms with Crippen molar-refractivity contribution in [1.29, 1.82) is 5.26 Å². The lowest BCUT2D eigenvalue weighted by atomic mass is 10.2. The molecule has 1 rings (SSSR count). The van der Waals surface area contributed by atoms with E-state index in [1.165, 1.54) is 18.2 Å². The van der Waals surface area contributed by atoms with E-state index < -0.39 is 6.10 Å². The minimum atomic E-state index is -0.625. The highest BCUT2D eigenvalue weighted by Gasteiger charge is 2.07. The van der Waals surface area contributed by atoms with Gasteiger partial charge in [0.25, 0.3) is 0 Å². The predicted octanol–water partition coefficient (Wildman–Crippen LogP) is 1.40. The zero-order valence-corrected chi connectivity index (χ0v) is 9.44. The van der Waals surface area contributed by atoms with Crippen LogP contribution >= 0.6 is 15.9 Å². The van der Waals surface area contributed by atoms with Crippen molar-refractivity contribution in [1.82, 2.24) is 0 Å². The summed E-state index contributed by atoms with van der Waals surface area (Å²) in [5, 5.41) is 27.6. The highest BCUT2D eigenvalue weighted by atomic mass is 79.9. The van der Waals surface area contributed by atoms with Crippen molar-refractivity contribution in [3.05, 3.63) is 23.8 Å². The number of hydrogen-bond acceptors (Lipinski definition) is 4. The van der Waals surface area contributed by atoms with Gasteiger partial charge in [0, 0.05) is 11.4 Å². The number of hydrogen-bond donors (Lipinski definition) is 2.